The van der Waals surface area contributed by atoms with Crippen LogP contribution in [0.3, 0.4) is 0 Å². The van der Waals surface area contributed by atoms with Gasteiger partial charge in [0.25, 0.3) is 0 Å². The van der Waals surface area contributed by atoms with Gasteiger partial charge < -0.3 is 5.32 Å². The lowest BCUT2D eigenvalue weighted by atomic mass is 10.0. The molecule has 0 amide bonds. The van der Waals surface area contributed by atoms with Gasteiger partial charge in [0.15, 0.2) is 0 Å². The van der Waals surface area contributed by atoms with Crippen molar-refractivity contribution >= 4 is 11.3 Å². The quantitative estimate of drug-likeness (QED) is 0.905. The largest absolute Gasteiger partial charge is 0.307 e. The van der Waals surface area contributed by atoms with Crippen molar-refractivity contribution in [2.24, 2.45) is 0 Å². The van der Waals surface area contributed by atoms with Gasteiger partial charge in [-0.2, -0.15) is 0 Å². The van der Waals surface area contributed by atoms with Crippen molar-refractivity contribution in [1.29, 1.82) is 0 Å². The molecule has 18 heavy (non-hydrogen) atoms. The Kier molecular flexibility index (Phi) is 3.18. The lowest BCUT2D eigenvalue weighted by Crippen LogP contribution is -2.17. The SMILES string of the molecule is CNC(c1ccc(C2CC2)cc1)c1nc(C)cs1. The van der Waals surface area contributed by atoms with E-state index >= 15 is 0 Å². The highest BCUT2D eigenvalue weighted by Gasteiger charge is 2.23. The lowest BCUT2D eigenvalue weighted by Gasteiger charge is -2.14. The number of benzene rings is 1. The average molecular weight is 258 g/mol. The highest BCUT2D eigenvalue weighted by molar-refractivity contribution is 7.09. The Balaban J connectivity index is 1.86. The van der Waals surface area contributed by atoms with E-state index < -0.39 is 0 Å². The second kappa shape index (κ2) is 4.82. The Labute approximate surface area is 112 Å². The number of nitrogens with one attached hydrogen (secondary N) is 1. The first-order valence-corrected chi connectivity index (χ1v) is 7.35. The minimum absolute atomic E-state index is 0.219. The number of hydrogen-bond donors (Lipinski definition) is 1. The average Bonchev–Trinajstić information content (AvgIpc) is 3.15. The molecule has 1 fully saturated rings. The minimum atomic E-state index is 0.219. The summed E-state index contributed by atoms with van der Waals surface area (Å²) in [6.07, 6.45) is 2.72. The zero-order valence-corrected chi connectivity index (χ0v) is 11.6. The Hall–Kier alpha value is -1.19. The van der Waals surface area contributed by atoms with Crippen molar-refractivity contribution < 1.29 is 0 Å². The van der Waals surface area contributed by atoms with Gasteiger partial charge in [0.05, 0.1) is 6.04 Å². The van der Waals surface area contributed by atoms with Crippen LogP contribution in [0.4, 0.5) is 0 Å². The predicted molar refractivity (Wildman–Crippen MR) is 76.2 cm³/mol. The third-order valence-corrected chi connectivity index (χ3v) is 4.52. The molecule has 1 N–H and O–H groups in total. The van der Waals surface area contributed by atoms with E-state index in [-0.39, 0.29) is 6.04 Å². The van der Waals surface area contributed by atoms with Gasteiger partial charge in [-0.15, -0.1) is 11.3 Å². The molecule has 1 aliphatic carbocycles. The van der Waals surface area contributed by atoms with Gasteiger partial charge in [-0.05, 0) is 43.9 Å². The van der Waals surface area contributed by atoms with Crippen LogP contribution in [-0.2, 0) is 0 Å². The Morgan fingerprint density at radius 2 is 2.00 bits per heavy atom. The molecule has 1 unspecified atom stereocenters. The third-order valence-electron chi connectivity index (χ3n) is 3.49. The number of nitrogens with zero attached hydrogens (tertiary/aromatic N) is 1. The summed E-state index contributed by atoms with van der Waals surface area (Å²) >= 11 is 1.73. The molecule has 3 heteroatoms. The highest BCUT2D eigenvalue weighted by Crippen LogP contribution is 2.40. The summed E-state index contributed by atoms with van der Waals surface area (Å²) in [4.78, 5) is 4.58. The summed E-state index contributed by atoms with van der Waals surface area (Å²) in [5.41, 5.74) is 3.89. The van der Waals surface area contributed by atoms with Crippen LogP contribution in [0.15, 0.2) is 29.6 Å². The third kappa shape index (κ3) is 2.33. The van der Waals surface area contributed by atoms with Gasteiger partial charge in [-0.25, -0.2) is 4.98 Å². The Bertz CT molecular complexity index is 526. The number of rotatable bonds is 4. The predicted octanol–water partition coefficient (Wildman–Crippen LogP) is 3.64. The van der Waals surface area contributed by atoms with Crippen molar-refractivity contribution in [3.05, 3.63) is 51.5 Å². The molecule has 2 aromatic rings. The molecule has 0 aliphatic heterocycles. The van der Waals surface area contributed by atoms with Gasteiger partial charge in [0, 0.05) is 11.1 Å². The summed E-state index contributed by atoms with van der Waals surface area (Å²) in [7, 11) is 2.00. The van der Waals surface area contributed by atoms with E-state index in [2.05, 4.69) is 39.9 Å². The fourth-order valence-electron chi connectivity index (χ4n) is 2.31. The van der Waals surface area contributed by atoms with E-state index in [1.54, 1.807) is 11.3 Å². The fraction of sp³-hybridized carbons (Fsp3) is 0.400. The molecule has 1 atom stereocenters. The maximum atomic E-state index is 4.58. The van der Waals surface area contributed by atoms with E-state index in [1.807, 2.05) is 14.0 Å². The van der Waals surface area contributed by atoms with Gasteiger partial charge >= 0.3 is 0 Å². The van der Waals surface area contributed by atoms with E-state index in [0.717, 1.165) is 16.6 Å². The Morgan fingerprint density at radius 1 is 1.28 bits per heavy atom. The molecule has 1 saturated carbocycles. The van der Waals surface area contributed by atoms with Gasteiger partial charge in [0.1, 0.15) is 5.01 Å². The second-order valence-electron chi connectivity index (χ2n) is 4.99. The van der Waals surface area contributed by atoms with E-state index in [4.69, 9.17) is 0 Å². The van der Waals surface area contributed by atoms with E-state index in [1.165, 1.54) is 24.0 Å². The normalized spacial score (nSPS) is 16.8. The van der Waals surface area contributed by atoms with Crippen LogP contribution in [-0.4, -0.2) is 12.0 Å². The van der Waals surface area contributed by atoms with Crippen LogP contribution in [0, 0.1) is 6.92 Å². The first kappa shape index (κ1) is 11.9. The molecule has 94 valence electrons. The molecule has 1 aromatic carbocycles. The van der Waals surface area contributed by atoms with E-state index in [0.29, 0.717) is 0 Å². The maximum absolute atomic E-state index is 4.58. The summed E-state index contributed by atoms with van der Waals surface area (Å²) in [5.74, 6) is 0.828. The monoisotopic (exact) mass is 258 g/mol. The zero-order valence-electron chi connectivity index (χ0n) is 10.8. The number of aryl methyl sites for hydroxylation is 1. The highest BCUT2D eigenvalue weighted by atomic mass is 32.1. The van der Waals surface area contributed by atoms with Crippen LogP contribution in [0.1, 0.15) is 46.6 Å². The van der Waals surface area contributed by atoms with Crippen LogP contribution in [0.5, 0.6) is 0 Å². The maximum Gasteiger partial charge on any atom is 0.114 e. The summed E-state index contributed by atoms with van der Waals surface area (Å²) in [5, 5.41) is 6.62. The molecule has 0 radical (unpaired) electrons. The van der Waals surface area contributed by atoms with Gasteiger partial charge in [-0.1, -0.05) is 24.3 Å². The van der Waals surface area contributed by atoms with E-state index in [9.17, 15) is 0 Å². The van der Waals surface area contributed by atoms with Crippen molar-refractivity contribution in [1.82, 2.24) is 10.3 Å². The summed E-state index contributed by atoms with van der Waals surface area (Å²) in [6.45, 7) is 2.04. The van der Waals surface area contributed by atoms with Crippen molar-refractivity contribution in [3.8, 4) is 0 Å². The second-order valence-corrected chi connectivity index (χ2v) is 5.88. The summed E-state index contributed by atoms with van der Waals surface area (Å²) in [6, 6.07) is 9.25. The van der Waals surface area contributed by atoms with Gasteiger partial charge in [-0.3, -0.25) is 0 Å². The minimum Gasteiger partial charge on any atom is -0.307 e. The molecular weight excluding hydrogens is 240 g/mol. The standard InChI is InChI=1S/C15H18N2S/c1-10-9-18-15(17-10)14(16-2)13-7-5-12(6-8-13)11-3-4-11/h5-9,11,14,16H,3-4H2,1-2H3. The smallest absolute Gasteiger partial charge is 0.114 e. The first-order valence-electron chi connectivity index (χ1n) is 6.47. The first-order chi connectivity index (χ1) is 8.78. The molecule has 2 nitrogen and oxygen atoms in total. The van der Waals surface area contributed by atoms with Crippen molar-refractivity contribution in [3.63, 3.8) is 0 Å². The van der Waals surface area contributed by atoms with Crippen LogP contribution in [0.2, 0.25) is 0 Å². The lowest BCUT2D eigenvalue weighted by molar-refractivity contribution is 0.684. The van der Waals surface area contributed by atoms with Crippen LogP contribution < -0.4 is 5.32 Å². The molecule has 0 bridgehead atoms. The van der Waals surface area contributed by atoms with Gasteiger partial charge in [0.2, 0.25) is 0 Å². The van der Waals surface area contributed by atoms with Crippen LogP contribution >= 0.6 is 11.3 Å². The molecule has 1 aliphatic rings. The number of aromatic nitrogens is 1. The number of hydrogen-bond acceptors (Lipinski definition) is 3. The molecule has 3 rings (SSSR count). The molecular formula is C15H18N2S. The fourth-order valence-corrected chi connectivity index (χ4v) is 3.25. The molecule has 0 saturated heterocycles. The molecule has 0 spiro atoms. The Morgan fingerprint density at radius 3 is 2.50 bits per heavy atom. The summed E-state index contributed by atoms with van der Waals surface area (Å²) < 4.78 is 0. The van der Waals surface area contributed by atoms with Crippen molar-refractivity contribution in [2.45, 2.75) is 31.7 Å². The zero-order chi connectivity index (χ0) is 12.5. The number of thiazole rings is 1. The van der Waals surface area contributed by atoms with Crippen LogP contribution in [0.25, 0.3) is 0 Å². The molecule has 1 aromatic heterocycles. The molecule has 1 heterocycles. The van der Waals surface area contributed by atoms with Crippen molar-refractivity contribution in [2.75, 3.05) is 7.05 Å². The topological polar surface area (TPSA) is 24.9 Å².